The van der Waals surface area contributed by atoms with Crippen molar-refractivity contribution in [3.05, 3.63) is 53.6 Å². The van der Waals surface area contributed by atoms with Crippen molar-refractivity contribution in [2.75, 3.05) is 0 Å². The van der Waals surface area contributed by atoms with Crippen molar-refractivity contribution >= 4 is 5.57 Å². The molecular formula is C15H18. The molecule has 0 amide bonds. The first-order chi connectivity index (χ1) is 7.17. The van der Waals surface area contributed by atoms with Crippen molar-refractivity contribution in [2.45, 2.75) is 32.6 Å². The Labute approximate surface area is 92.3 Å². The van der Waals surface area contributed by atoms with E-state index in [1.165, 1.54) is 16.7 Å². The van der Waals surface area contributed by atoms with E-state index in [0.717, 1.165) is 6.42 Å². The van der Waals surface area contributed by atoms with Gasteiger partial charge in [-0.2, -0.15) is 0 Å². The molecule has 0 aliphatic heterocycles. The molecule has 0 heterocycles. The van der Waals surface area contributed by atoms with Crippen molar-refractivity contribution in [3.8, 4) is 0 Å². The fraction of sp³-hybridized carbons (Fsp3) is 0.333. The molecule has 15 heavy (non-hydrogen) atoms. The van der Waals surface area contributed by atoms with E-state index < -0.39 is 0 Å². The number of hydrogen-bond donors (Lipinski definition) is 0. The topological polar surface area (TPSA) is 0 Å². The van der Waals surface area contributed by atoms with Gasteiger partial charge in [-0.25, -0.2) is 0 Å². The van der Waals surface area contributed by atoms with Crippen LogP contribution in [0.25, 0.3) is 5.57 Å². The Morgan fingerprint density at radius 1 is 1.20 bits per heavy atom. The van der Waals surface area contributed by atoms with Crippen LogP contribution in [-0.4, -0.2) is 0 Å². The first-order valence-electron chi connectivity index (χ1n) is 5.63. The van der Waals surface area contributed by atoms with E-state index in [-0.39, 0.29) is 5.41 Å². The van der Waals surface area contributed by atoms with E-state index in [9.17, 15) is 0 Å². The Hall–Kier alpha value is -1.30. The van der Waals surface area contributed by atoms with Crippen LogP contribution >= 0.6 is 0 Å². The highest BCUT2D eigenvalue weighted by atomic mass is 14.3. The zero-order valence-electron chi connectivity index (χ0n) is 9.75. The number of hydrogen-bond acceptors (Lipinski definition) is 0. The Morgan fingerprint density at radius 2 is 1.93 bits per heavy atom. The molecule has 1 aromatic rings. The van der Waals surface area contributed by atoms with Gasteiger partial charge >= 0.3 is 0 Å². The SMILES string of the molecule is CCC1(C)C=CC=C(C)c2ccccc21. The summed E-state index contributed by atoms with van der Waals surface area (Å²) in [5.74, 6) is 0. The summed E-state index contributed by atoms with van der Waals surface area (Å²) in [6.45, 7) is 6.75. The normalized spacial score (nSPS) is 24.3. The first kappa shape index (κ1) is 10.2. The molecule has 0 spiro atoms. The summed E-state index contributed by atoms with van der Waals surface area (Å²) in [5, 5.41) is 0. The van der Waals surface area contributed by atoms with Crippen LogP contribution in [0.4, 0.5) is 0 Å². The quantitative estimate of drug-likeness (QED) is 0.630. The third kappa shape index (κ3) is 1.65. The fourth-order valence-corrected chi connectivity index (χ4v) is 2.22. The Bertz CT molecular complexity index is 423. The molecule has 1 aliphatic carbocycles. The van der Waals surface area contributed by atoms with Crippen LogP contribution in [-0.2, 0) is 5.41 Å². The van der Waals surface area contributed by atoms with Gasteiger partial charge in [-0.05, 0) is 30.0 Å². The molecule has 0 bridgehead atoms. The number of benzene rings is 1. The summed E-state index contributed by atoms with van der Waals surface area (Å²) < 4.78 is 0. The van der Waals surface area contributed by atoms with E-state index in [0.29, 0.717) is 0 Å². The predicted octanol–water partition coefficient (Wildman–Crippen LogP) is 4.33. The molecule has 0 saturated carbocycles. The summed E-state index contributed by atoms with van der Waals surface area (Å²) >= 11 is 0. The molecule has 1 aliphatic rings. The van der Waals surface area contributed by atoms with Gasteiger partial charge in [0.05, 0.1) is 0 Å². The van der Waals surface area contributed by atoms with Gasteiger partial charge in [-0.15, -0.1) is 0 Å². The van der Waals surface area contributed by atoms with Crippen molar-refractivity contribution in [1.82, 2.24) is 0 Å². The van der Waals surface area contributed by atoms with E-state index in [1.807, 2.05) is 0 Å². The molecule has 2 rings (SSSR count). The summed E-state index contributed by atoms with van der Waals surface area (Å²) in [4.78, 5) is 0. The minimum absolute atomic E-state index is 0.185. The molecule has 0 nitrogen and oxygen atoms in total. The number of allylic oxidation sites excluding steroid dienone is 4. The van der Waals surface area contributed by atoms with E-state index in [4.69, 9.17) is 0 Å². The summed E-state index contributed by atoms with van der Waals surface area (Å²) in [6, 6.07) is 8.74. The summed E-state index contributed by atoms with van der Waals surface area (Å²) in [6.07, 6.45) is 7.86. The van der Waals surface area contributed by atoms with Crippen LogP contribution < -0.4 is 0 Å². The minimum atomic E-state index is 0.185. The Kier molecular flexibility index (Phi) is 2.52. The van der Waals surface area contributed by atoms with Crippen molar-refractivity contribution in [1.29, 1.82) is 0 Å². The number of rotatable bonds is 1. The predicted molar refractivity (Wildman–Crippen MR) is 66.9 cm³/mol. The Balaban J connectivity index is 2.67. The second kappa shape index (κ2) is 3.69. The lowest BCUT2D eigenvalue weighted by molar-refractivity contribution is 0.572. The third-order valence-electron chi connectivity index (χ3n) is 3.51. The highest BCUT2D eigenvalue weighted by molar-refractivity contribution is 5.71. The molecule has 0 radical (unpaired) electrons. The van der Waals surface area contributed by atoms with Crippen LogP contribution in [0, 0.1) is 0 Å². The van der Waals surface area contributed by atoms with E-state index in [2.05, 4.69) is 63.3 Å². The standard InChI is InChI=1S/C15H18/c1-4-15(3)11-7-8-12(2)13-9-5-6-10-14(13)15/h5-11H,4H2,1-3H3. The molecule has 1 aromatic carbocycles. The summed E-state index contributed by atoms with van der Waals surface area (Å²) in [7, 11) is 0. The largest absolute Gasteiger partial charge is 0.0742 e. The minimum Gasteiger partial charge on any atom is -0.0742 e. The molecule has 1 unspecified atom stereocenters. The lowest BCUT2D eigenvalue weighted by Crippen LogP contribution is -2.18. The average molecular weight is 198 g/mol. The maximum atomic E-state index is 2.32. The zero-order valence-corrected chi connectivity index (χ0v) is 9.75. The highest BCUT2D eigenvalue weighted by Crippen LogP contribution is 2.36. The van der Waals surface area contributed by atoms with Gasteiger partial charge < -0.3 is 0 Å². The monoisotopic (exact) mass is 198 g/mol. The smallest absolute Gasteiger partial charge is 0.0110 e. The lowest BCUT2D eigenvalue weighted by atomic mass is 9.77. The van der Waals surface area contributed by atoms with E-state index >= 15 is 0 Å². The lowest BCUT2D eigenvalue weighted by Gasteiger charge is -2.26. The molecule has 0 fully saturated rings. The van der Waals surface area contributed by atoms with Crippen molar-refractivity contribution in [2.24, 2.45) is 0 Å². The summed E-state index contributed by atoms with van der Waals surface area (Å²) in [5.41, 5.74) is 4.39. The van der Waals surface area contributed by atoms with Gasteiger partial charge in [0.25, 0.3) is 0 Å². The maximum absolute atomic E-state index is 2.32. The molecule has 0 aromatic heterocycles. The van der Waals surface area contributed by atoms with Crippen molar-refractivity contribution in [3.63, 3.8) is 0 Å². The Morgan fingerprint density at radius 3 is 2.67 bits per heavy atom. The second-order valence-corrected chi connectivity index (χ2v) is 4.53. The maximum Gasteiger partial charge on any atom is 0.0110 e. The van der Waals surface area contributed by atoms with Crippen LogP contribution in [0.5, 0.6) is 0 Å². The van der Waals surface area contributed by atoms with Crippen LogP contribution in [0.2, 0.25) is 0 Å². The highest BCUT2D eigenvalue weighted by Gasteiger charge is 2.25. The molecular weight excluding hydrogens is 180 g/mol. The van der Waals surface area contributed by atoms with Crippen molar-refractivity contribution < 1.29 is 0 Å². The molecule has 78 valence electrons. The van der Waals surface area contributed by atoms with Gasteiger partial charge in [0.2, 0.25) is 0 Å². The van der Waals surface area contributed by atoms with Gasteiger partial charge in [0.15, 0.2) is 0 Å². The van der Waals surface area contributed by atoms with Gasteiger partial charge in [-0.3, -0.25) is 0 Å². The van der Waals surface area contributed by atoms with E-state index in [1.54, 1.807) is 0 Å². The average Bonchev–Trinajstić information content (AvgIpc) is 2.40. The molecule has 0 saturated heterocycles. The van der Waals surface area contributed by atoms with Crippen LogP contribution in [0.1, 0.15) is 38.3 Å². The third-order valence-corrected chi connectivity index (χ3v) is 3.51. The van der Waals surface area contributed by atoms with Crippen LogP contribution in [0.15, 0.2) is 42.5 Å². The van der Waals surface area contributed by atoms with Gasteiger partial charge in [-0.1, -0.05) is 56.3 Å². The molecule has 0 N–H and O–H groups in total. The van der Waals surface area contributed by atoms with Gasteiger partial charge in [0, 0.05) is 5.41 Å². The van der Waals surface area contributed by atoms with Crippen LogP contribution in [0.3, 0.4) is 0 Å². The molecule has 1 atom stereocenters. The molecule has 0 heteroatoms. The second-order valence-electron chi connectivity index (χ2n) is 4.53. The fourth-order valence-electron chi connectivity index (χ4n) is 2.22. The van der Waals surface area contributed by atoms with Gasteiger partial charge in [0.1, 0.15) is 0 Å². The zero-order chi connectivity index (χ0) is 10.9. The first-order valence-corrected chi connectivity index (χ1v) is 5.63. The number of fused-ring (bicyclic) bond motifs is 1.